The van der Waals surface area contributed by atoms with E-state index in [0.717, 1.165) is 6.42 Å². The van der Waals surface area contributed by atoms with E-state index in [9.17, 15) is 14.9 Å². The van der Waals surface area contributed by atoms with E-state index in [-0.39, 0.29) is 18.4 Å². The number of nitrogens with one attached hydrogen (secondary N) is 1. The molecular weight excluding hydrogens is 230 g/mol. The van der Waals surface area contributed by atoms with Gasteiger partial charge in [-0.05, 0) is 25.2 Å². The van der Waals surface area contributed by atoms with Gasteiger partial charge in [0.1, 0.15) is 5.41 Å². The maximum atomic E-state index is 12.4. The summed E-state index contributed by atoms with van der Waals surface area (Å²) < 4.78 is 0. The van der Waals surface area contributed by atoms with E-state index in [1.54, 1.807) is 7.05 Å². The number of nitriles is 1. The van der Waals surface area contributed by atoms with Crippen molar-refractivity contribution >= 4 is 11.8 Å². The summed E-state index contributed by atoms with van der Waals surface area (Å²) in [5.41, 5.74) is -0.886. The second-order valence-electron chi connectivity index (χ2n) is 5.11. The predicted octanol–water partition coefficient (Wildman–Crippen LogP) is 0.911. The van der Waals surface area contributed by atoms with Crippen LogP contribution in [0.25, 0.3) is 0 Å². The van der Waals surface area contributed by atoms with Gasteiger partial charge in [0.25, 0.3) is 0 Å². The topological polar surface area (TPSA) is 73.2 Å². The van der Waals surface area contributed by atoms with Crippen molar-refractivity contribution < 1.29 is 9.59 Å². The molecule has 1 fully saturated rings. The Morgan fingerprint density at radius 3 is 2.50 bits per heavy atom. The minimum atomic E-state index is -0.886. The molecular formula is C13H21N3O2. The first-order valence-electron chi connectivity index (χ1n) is 6.40. The molecule has 0 radical (unpaired) electrons. The van der Waals surface area contributed by atoms with Crippen molar-refractivity contribution in [1.29, 1.82) is 5.26 Å². The van der Waals surface area contributed by atoms with E-state index in [2.05, 4.69) is 11.4 Å². The number of rotatable bonds is 5. The summed E-state index contributed by atoms with van der Waals surface area (Å²) in [4.78, 5) is 25.3. The number of hydrogen-bond acceptors (Lipinski definition) is 3. The van der Waals surface area contributed by atoms with Crippen LogP contribution in [0.2, 0.25) is 0 Å². The summed E-state index contributed by atoms with van der Waals surface area (Å²) in [6.07, 6.45) is 1.99. The number of amides is 2. The zero-order valence-electron chi connectivity index (χ0n) is 11.3. The first kappa shape index (κ1) is 14.5. The Bertz CT molecular complexity index is 367. The molecule has 0 bridgehead atoms. The zero-order chi connectivity index (χ0) is 13.8. The van der Waals surface area contributed by atoms with E-state index in [1.807, 2.05) is 13.8 Å². The van der Waals surface area contributed by atoms with Crippen LogP contribution >= 0.6 is 0 Å². The van der Waals surface area contributed by atoms with Gasteiger partial charge in [-0.25, -0.2) is 0 Å². The Balaban J connectivity index is 2.76. The minimum absolute atomic E-state index is 0.0426. The van der Waals surface area contributed by atoms with Gasteiger partial charge < -0.3 is 10.2 Å². The van der Waals surface area contributed by atoms with Crippen molar-refractivity contribution in [2.75, 3.05) is 20.1 Å². The molecule has 100 valence electrons. The summed E-state index contributed by atoms with van der Waals surface area (Å²) >= 11 is 0. The first-order chi connectivity index (χ1) is 8.49. The molecule has 18 heavy (non-hydrogen) atoms. The fourth-order valence-electron chi connectivity index (χ4n) is 2.52. The van der Waals surface area contributed by atoms with Crippen LogP contribution in [0.4, 0.5) is 0 Å². The lowest BCUT2D eigenvalue weighted by Crippen LogP contribution is -2.52. The Kier molecular flexibility index (Phi) is 4.71. The van der Waals surface area contributed by atoms with E-state index < -0.39 is 5.41 Å². The second kappa shape index (κ2) is 5.85. The molecule has 1 rings (SSSR count). The van der Waals surface area contributed by atoms with Crippen LogP contribution in [0.3, 0.4) is 0 Å². The molecule has 0 heterocycles. The van der Waals surface area contributed by atoms with Gasteiger partial charge in [-0.15, -0.1) is 0 Å². The molecule has 0 aromatic heterocycles. The van der Waals surface area contributed by atoms with Crippen LogP contribution in [0.1, 0.15) is 33.1 Å². The van der Waals surface area contributed by atoms with Crippen LogP contribution in [-0.4, -0.2) is 36.9 Å². The van der Waals surface area contributed by atoms with Gasteiger partial charge in [-0.3, -0.25) is 9.59 Å². The lowest BCUT2D eigenvalue weighted by atomic mass is 9.62. The van der Waals surface area contributed by atoms with Gasteiger partial charge in [-0.2, -0.15) is 5.26 Å². The van der Waals surface area contributed by atoms with Crippen molar-refractivity contribution in [3.05, 3.63) is 0 Å². The highest BCUT2D eigenvalue weighted by Gasteiger charge is 2.50. The average molecular weight is 251 g/mol. The highest BCUT2D eigenvalue weighted by molar-refractivity contribution is 5.90. The second-order valence-corrected chi connectivity index (χ2v) is 5.11. The molecule has 0 aliphatic heterocycles. The van der Waals surface area contributed by atoms with Gasteiger partial charge in [0.2, 0.25) is 11.8 Å². The third-order valence-electron chi connectivity index (χ3n) is 3.41. The highest BCUT2D eigenvalue weighted by atomic mass is 16.2. The molecule has 0 atom stereocenters. The smallest absolute Gasteiger partial charge is 0.243 e. The third kappa shape index (κ3) is 2.81. The molecule has 1 aliphatic carbocycles. The average Bonchev–Trinajstić information content (AvgIpc) is 2.33. The maximum Gasteiger partial charge on any atom is 0.243 e. The lowest BCUT2D eigenvalue weighted by Gasteiger charge is -2.42. The van der Waals surface area contributed by atoms with E-state index in [4.69, 9.17) is 0 Å². The molecule has 1 N–H and O–H groups in total. The van der Waals surface area contributed by atoms with Crippen molar-refractivity contribution in [1.82, 2.24) is 10.2 Å². The maximum absolute atomic E-state index is 12.4. The SMILES string of the molecule is CCCN(CC(=O)NC)C(=O)C1(C#N)CC(C)C1. The molecule has 0 aromatic carbocycles. The van der Waals surface area contributed by atoms with E-state index in [0.29, 0.717) is 25.3 Å². The molecule has 0 spiro atoms. The fourth-order valence-corrected chi connectivity index (χ4v) is 2.52. The van der Waals surface area contributed by atoms with Crippen molar-refractivity contribution in [3.8, 4) is 6.07 Å². The quantitative estimate of drug-likeness (QED) is 0.789. The van der Waals surface area contributed by atoms with Gasteiger partial charge in [0, 0.05) is 13.6 Å². The van der Waals surface area contributed by atoms with Crippen LogP contribution in [-0.2, 0) is 9.59 Å². The monoisotopic (exact) mass is 251 g/mol. The van der Waals surface area contributed by atoms with Crippen LogP contribution in [0, 0.1) is 22.7 Å². The molecule has 0 aromatic rings. The number of carbonyl (C=O) groups excluding carboxylic acids is 2. The normalized spacial score (nSPS) is 25.8. The van der Waals surface area contributed by atoms with Gasteiger partial charge >= 0.3 is 0 Å². The summed E-state index contributed by atoms with van der Waals surface area (Å²) in [7, 11) is 1.54. The van der Waals surface area contributed by atoms with Crippen LogP contribution < -0.4 is 5.32 Å². The van der Waals surface area contributed by atoms with Crippen molar-refractivity contribution in [2.45, 2.75) is 33.1 Å². The summed E-state index contributed by atoms with van der Waals surface area (Å²) in [6.45, 7) is 4.55. The molecule has 2 amide bonds. The molecule has 0 unspecified atom stereocenters. The van der Waals surface area contributed by atoms with Crippen molar-refractivity contribution in [2.24, 2.45) is 11.3 Å². The molecule has 5 nitrogen and oxygen atoms in total. The summed E-state index contributed by atoms with van der Waals surface area (Å²) in [6, 6.07) is 2.15. The van der Waals surface area contributed by atoms with Gasteiger partial charge in [0.05, 0.1) is 12.6 Å². The first-order valence-corrected chi connectivity index (χ1v) is 6.40. The van der Waals surface area contributed by atoms with E-state index in [1.165, 1.54) is 4.90 Å². The zero-order valence-corrected chi connectivity index (χ0v) is 11.3. The molecule has 0 saturated heterocycles. The Hall–Kier alpha value is -1.57. The molecule has 1 saturated carbocycles. The van der Waals surface area contributed by atoms with Crippen molar-refractivity contribution in [3.63, 3.8) is 0 Å². The largest absolute Gasteiger partial charge is 0.358 e. The summed E-state index contributed by atoms with van der Waals surface area (Å²) in [5.74, 6) is 0.0305. The number of likely N-dealkylation sites (N-methyl/N-ethyl adjacent to an activating group) is 1. The lowest BCUT2D eigenvalue weighted by molar-refractivity contribution is -0.147. The number of carbonyl (C=O) groups is 2. The van der Waals surface area contributed by atoms with Gasteiger partial charge in [0.15, 0.2) is 0 Å². The standard InChI is InChI=1S/C13H21N3O2/c1-4-5-16(8-11(17)15-3)12(18)13(9-14)6-10(2)7-13/h10H,4-8H2,1-3H3,(H,15,17). The minimum Gasteiger partial charge on any atom is -0.358 e. The highest BCUT2D eigenvalue weighted by Crippen LogP contribution is 2.46. The Morgan fingerprint density at radius 2 is 2.11 bits per heavy atom. The fraction of sp³-hybridized carbons (Fsp3) is 0.769. The Morgan fingerprint density at radius 1 is 1.50 bits per heavy atom. The van der Waals surface area contributed by atoms with E-state index >= 15 is 0 Å². The third-order valence-corrected chi connectivity index (χ3v) is 3.41. The molecule has 1 aliphatic rings. The van der Waals surface area contributed by atoms with Gasteiger partial charge in [-0.1, -0.05) is 13.8 Å². The van der Waals surface area contributed by atoms with Crippen LogP contribution in [0.5, 0.6) is 0 Å². The van der Waals surface area contributed by atoms with Crippen LogP contribution in [0.15, 0.2) is 0 Å². The number of nitrogens with zero attached hydrogens (tertiary/aromatic N) is 2. The predicted molar refractivity (Wildman–Crippen MR) is 67.4 cm³/mol. The summed E-state index contributed by atoms with van der Waals surface area (Å²) in [5, 5.41) is 11.7. The molecule has 5 heteroatoms. The number of hydrogen-bond donors (Lipinski definition) is 1. The Labute approximate surface area is 108 Å².